The maximum atomic E-state index is 11.9. The molecule has 1 aliphatic heterocycles. The molecule has 42 heavy (non-hydrogen) atoms. The maximum Gasteiger partial charge on any atom is 0.217 e. The maximum absolute atomic E-state index is 11.9. The lowest BCUT2D eigenvalue weighted by atomic mass is 9.47. The molecule has 4 N–H and O–H groups in total. The molecular weight excluding hydrogens is 530 g/mol. The molecule has 7 nitrogen and oxygen atoms in total. The van der Waals surface area contributed by atoms with Crippen LogP contribution in [0.1, 0.15) is 112 Å². The first-order valence-corrected chi connectivity index (χ1v) is 17.1. The molecular formula is C35H59NO6. The zero-order valence-corrected chi connectivity index (χ0v) is 27.1. The van der Waals surface area contributed by atoms with E-state index in [0.29, 0.717) is 5.41 Å². The van der Waals surface area contributed by atoms with Gasteiger partial charge < -0.3 is 30.1 Å². The van der Waals surface area contributed by atoms with Crippen molar-refractivity contribution in [1.29, 1.82) is 0 Å². The second-order valence-corrected chi connectivity index (χ2v) is 15.7. The highest BCUT2D eigenvalue weighted by Crippen LogP contribution is 2.67. The Morgan fingerprint density at radius 3 is 2.52 bits per heavy atom. The van der Waals surface area contributed by atoms with Gasteiger partial charge in [-0.25, -0.2) is 0 Å². The van der Waals surface area contributed by atoms with E-state index in [2.05, 4.69) is 46.0 Å². The topological polar surface area (TPSA) is 108 Å². The van der Waals surface area contributed by atoms with Crippen molar-refractivity contribution in [2.24, 2.45) is 46.3 Å². The molecule has 5 rings (SSSR count). The predicted molar refractivity (Wildman–Crippen MR) is 163 cm³/mol. The summed E-state index contributed by atoms with van der Waals surface area (Å²) in [6, 6.07) is -0.891. The molecule has 0 aromatic heterocycles. The van der Waals surface area contributed by atoms with Crippen molar-refractivity contribution < 1.29 is 29.6 Å². The number of hydrogen-bond acceptors (Lipinski definition) is 6. The molecule has 1 saturated heterocycles. The zero-order valence-electron chi connectivity index (χ0n) is 27.1. The largest absolute Gasteiger partial charge is 0.394 e. The fourth-order valence-corrected chi connectivity index (χ4v) is 10.5. The first-order chi connectivity index (χ1) is 19.9. The summed E-state index contributed by atoms with van der Waals surface area (Å²) in [6.45, 7) is 13.3. The van der Waals surface area contributed by atoms with Crippen LogP contribution in [-0.2, 0) is 14.3 Å². The van der Waals surface area contributed by atoms with Gasteiger partial charge in [0.2, 0.25) is 5.91 Å². The number of ether oxygens (including phenoxy) is 2. The van der Waals surface area contributed by atoms with Gasteiger partial charge in [0.05, 0.1) is 12.7 Å². The van der Waals surface area contributed by atoms with Crippen molar-refractivity contribution in [2.75, 3.05) is 6.61 Å². The molecule has 240 valence electrons. The molecule has 7 heteroatoms. The van der Waals surface area contributed by atoms with E-state index >= 15 is 0 Å². The highest BCUT2D eigenvalue weighted by Gasteiger charge is 2.59. The summed E-state index contributed by atoms with van der Waals surface area (Å²) in [4.78, 5) is 11.9. The highest BCUT2D eigenvalue weighted by atomic mass is 16.7. The number of allylic oxidation sites excluding steroid dienone is 1. The van der Waals surface area contributed by atoms with Gasteiger partial charge in [0.15, 0.2) is 6.29 Å². The molecule has 0 bridgehead atoms. The Kier molecular flexibility index (Phi) is 9.86. The summed E-state index contributed by atoms with van der Waals surface area (Å²) in [5.74, 6) is 4.48. The SMILES string of the molecule is CC(=O)N[C@H]1[C@H](O[C@H]2CC[C@@]3(C)C(=CC[C@H]4[C@H]5CC[C@H]([C@H](C)CCCC(C)C)[C@@]5(C)CC[C@H]43)C2)O[C@H](CO)[C@@H](O)[C@@H]1O. The molecule has 3 saturated carbocycles. The van der Waals surface area contributed by atoms with Gasteiger partial charge in [-0.05, 0) is 97.7 Å². The van der Waals surface area contributed by atoms with E-state index < -0.39 is 37.3 Å². The van der Waals surface area contributed by atoms with Crippen molar-refractivity contribution in [3.8, 4) is 0 Å². The average molecular weight is 590 g/mol. The van der Waals surface area contributed by atoms with Gasteiger partial charge in [0.1, 0.15) is 24.4 Å². The molecule has 0 aromatic rings. The second-order valence-electron chi connectivity index (χ2n) is 15.7. The van der Waals surface area contributed by atoms with E-state index in [1.807, 2.05) is 0 Å². The Labute approximate surface area is 254 Å². The molecule has 0 spiro atoms. The molecule has 0 unspecified atom stereocenters. The molecule has 1 heterocycles. The monoisotopic (exact) mass is 589 g/mol. The summed E-state index contributed by atoms with van der Waals surface area (Å²) in [6.07, 6.45) is 11.5. The lowest BCUT2D eigenvalue weighted by Crippen LogP contribution is -2.65. The van der Waals surface area contributed by atoms with E-state index in [1.54, 1.807) is 0 Å². The lowest BCUT2D eigenvalue weighted by Gasteiger charge is -2.58. The van der Waals surface area contributed by atoms with E-state index in [-0.39, 0.29) is 17.4 Å². The minimum absolute atomic E-state index is 0.0969. The van der Waals surface area contributed by atoms with Crippen LogP contribution >= 0.6 is 0 Å². The third kappa shape index (κ3) is 5.99. The van der Waals surface area contributed by atoms with Gasteiger partial charge in [-0.2, -0.15) is 0 Å². The molecule has 0 radical (unpaired) electrons. The fourth-order valence-electron chi connectivity index (χ4n) is 10.5. The first kappa shape index (κ1) is 32.4. The van der Waals surface area contributed by atoms with Crippen molar-refractivity contribution in [2.45, 2.75) is 149 Å². The van der Waals surface area contributed by atoms with E-state index in [9.17, 15) is 20.1 Å². The minimum Gasteiger partial charge on any atom is -0.394 e. The molecule has 1 amide bonds. The smallest absolute Gasteiger partial charge is 0.217 e. The van der Waals surface area contributed by atoms with Crippen molar-refractivity contribution >= 4 is 5.91 Å². The van der Waals surface area contributed by atoms with Crippen LogP contribution in [0.2, 0.25) is 0 Å². The van der Waals surface area contributed by atoms with Crippen LogP contribution in [-0.4, -0.2) is 64.6 Å². The number of nitrogens with one attached hydrogen (secondary N) is 1. The summed E-state index contributed by atoms with van der Waals surface area (Å²) in [5, 5.41) is 33.5. The number of amides is 1. The van der Waals surface area contributed by atoms with E-state index in [1.165, 1.54) is 63.9 Å². The van der Waals surface area contributed by atoms with Crippen LogP contribution in [0.4, 0.5) is 0 Å². The van der Waals surface area contributed by atoms with Crippen molar-refractivity contribution in [1.82, 2.24) is 5.32 Å². The van der Waals surface area contributed by atoms with Crippen molar-refractivity contribution in [3.63, 3.8) is 0 Å². The second kappa shape index (κ2) is 12.8. The van der Waals surface area contributed by atoms with Crippen LogP contribution < -0.4 is 5.32 Å². The van der Waals surface area contributed by atoms with Gasteiger partial charge >= 0.3 is 0 Å². The van der Waals surface area contributed by atoms with Gasteiger partial charge in [0.25, 0.3) is 0 Å². The summed E-state index contributed by atoms with van der Waals surface area (Å²) >= 11 is 0. The predicted octanol–water partition coefficient (Wildman–Crippen LogP) is 5.36. The number of fused-ring (bicyclic) bond motifs is 5. The quantitative estimate of drug-likeness (QED) is 0.270. The van der Waals surface area contributed by atoms with E-state index in [4.69, 9.17) is 9.47 Å². The standard InChI is InChI=1S/C35H59NO6/c1-20(2)8-7-9-21(3)26-12-13-27-25-11-10-23-18-24(14-16-34(23,5)28(25)15-17-35(26,27)6)41-33-30(36-22(4)38)32(40)31(39)29(19-37)42-33/h10,20-21,24-33,37,39-40H,7-9,11-19H2,1-6H3,(H,36,38)/t21-,24+,25+,26-,27-,28-,29-,30-,31-,32-,33-,34+,35-/m1/s1. The number of aliphatic hydroxyl groups is 3. The Morgan fingerprint density at radius 2 is 1.83 bits per heavy atom. The average Bonchev–Trinajstić information content (AvgIpc) is 3.29. The van der Waals surface area contributed by atoms with Crippen LogP contribution in [0.25, 0.3) is 0 Å². The number of aliphatic hydroxyl groups excluding tert-OH is 3. The van der Waals surface area contributed by atoms with Gasteiger partial charge in [-0.1, -0.05) is 65.5 Å². The Bertz CT molecular complexity index is 985. The van der Waals surface area contributed by atoms with Crippen molar-refractivity contribution in [3.05, 3.63) is 11.6 Å². The Hall–Kier alpha value is -0.990. The third-order valence-electron chi connectivity index (χ3n) is 12.8. The summed E-state index contributed by atoms with van der Waals surface area (Å²) in [5.41, 5.74) is 2.18. The lowest BCUT2D eigenvalue weighted by molar-refractivity contribution is -0.284. The molecule has 0 aromatic carbocycles. The van der Waals surface area contributed by atoms with Crippen LogP contribution in [0.15, 0.2) is 11.6 Å². The fraction of sp³-hybridized carbons (Fsp3) is 0.914. The van der Waals surface area contributed by atoms with Gasteiger partial charge in [0, 0.05) is 6.92 Å². The van der Waals surface area contributed by atoms with Crippen LogP contribution in [0, 0.1) is 46.3 Å². The Morgan fingerprint density at radius 1 is 1.07 bits per heavy atom. The minimum atomic E-state index is -1.30. The number of hydrogen-bond donors (Lipinski definition) is 4. The molecule has 4 aliphatic carbocycles. The molecule has 4 fully saturated rings. The summed E-state index contributed by atoms with van der Waals surface area (Å²) < 4.78 is 12.3. The summed E-state index contributed by atoms with van der Waals surface area (Å²) in [7, 11) is 0. The van der Waals surface area contributed by atoms with Crippen LogP contribution in [0.5, 0.6) is 0 Å². The molecule has 5 aliphatic rings. The zero-order chi connectivity index (χ0) is 30.4. The number of rotatable bonds is 9. The van der Waals surface area contributed by atoms with Gasteiger partial charge in [-0.3, -0.25) is 4.79 Å². The molecule has 13 atom stereocenters. The van der Waals surface area contributed by atoms with Gasteiger partial charge in [-0.15, -0.1) is 0 Å². The first-order valence-electron chi connectivity index (χ1n) is 17.1. The number of carbonyl (C=O) groups excluding carboxylic acids is 1. The Balaban J connectivity index is 1.26. The number of carbonyl (C=O) groups is 1. The third-order valence-corrected chi connectivity index (χ3v) is 12.8. The highest BCUT2D eigenvalue weighted by molar-refractivity contribution is 5.73. The van der Waals surface area contributed by atoms with E-state index in [0.717, 1.165) is 54.8 Å². The van der Waals surface area contributed by atoms with Crippen LogP contribution in [0.3, 0.4) is 0 Å². The normalized spacial score (nSPS) is 45.9.